The number of fused-ring (bicyclic) bond motifs is 1. The first kappa shape index (κ1) is 12.5. The molecule has 2 saturated carbocycles. The highest BCUT2D eigenvalue weighted by Crippen LogP contribution is 2.36. The van der Waals surface area contributed by atoms with Crippen molar-refractivity contribution in [1.29, 1.82) is 0 Å². The van der Waals surface area contributed by atoms with Gasteiger partial charge in [-0.2, -0.15) is 0 Å². The SMILES string of the molecule is c1cnc(N2CCO[C@H]3[C@H](OCC4CC4)CC[C@@H]32)nc1. The van der Waals surface area contributed by atoms with Crippen LogP contribution in [0, 0.1) is 5.92 Å². The number of morpholine rings is 1. The molecule has 3 fully saturated rings. The Labute approximate surface area is 119 Å². The minimum atomic E-state index is 0.186. The quantitative estimate of drug-likeness (QED) is 0.836. The van der Waals surface area contributed by atoms with Crippen molar-refractivity contribution < 1.29 is 9.47 Å². The maximum absolute atomic E-state index is 6.09. The van der Waals surface area contributed by atoms with Crippen LogP contribution >= 0.6 is 0 Å². The Kier molecular flexibility index (Phi) is 3.32. The highest BCUT2D eigenvalue weighted by molar-refractivity contribution is 5.33. The van der Waals surface area contributed by atoms with Gasteiger partial charge in [0.25, 0.3) is 0 Å². The summed E-state index contributed by atoms with van der Waals surface area (Å²) in [6.45, 7) is 2.53. The molecule has 0 radical (unpaired) electrons. The Morgan fingerprint density at radius 2 is 2.05 bits per heavy atom. The van der Waals surface area contributed by atoms with E-state index in [9.17, 15) is 0 Å². The monoisotopic (exact) mass is 275 g/mol. The van der Waals surface area contributed by atoms with Crippen LogP contribution in [0.4, 0.5) is 5.95 Å². The molecule has 0 aromatic carbocycles. The van der Waals surface area contributed by atoms with Crippen LogP contribution in [-0.2, 0) is 9.47 Å². The van der Waals surface area contributed by atoms with Crippen LogP contribution in [0.2, 0.25) is 0 Å². The van der Waals surface area contributed by atoms with Gasteiger partial charge in [0.2, 0.25) is 5.95 Å². The lowest BCUT2D eigenvalue weighted by Crippen LogP contribution is -2.52. The summed E-state index contributed by atoms with van der Waals surface area (Å²) < 4.78 is 12.1. The second-order valence-corrected chi connectivity index (χ2v) is 6.04. The van der Waals surface area contributed by atoms with Crippen LogP contribution in [0.25, 0.3) is 0 Å². The van der Waals surface area contributed by atoms with E-state index in [0.717, 1.165) is 44.5 Å². The molecular weight excluding hydrogens is 254 g/mol. The molecule has 5 nitrogen and oxygen atoms in total. The van der Waals surface area contributed by atoms with Crippen molar-refractivity contribution >= 4 is 5.95 Å². The maximum Gasteiger partial charge on any atom is 0.225 e. The van der Waals surface area contributed by atoms with Crippen molar-refractivity contribution in [3.8, 4) is 0 Å². The Hall–Kier alpha value is -1.20. The predicted molar refractivity (Wildman–Crippen MR) is 74.6 cm³/mol. The van der Waals surface area contributed by atoms with E-state index in [4.69, 9.17) is 9.47 Å². The molecule has 0 amide bonds. The molecule has 20 heavy (non-hydrogen) atoms. The van der Waals surface area contributed by atoms with Crippen LogP contribution < -0.4 is 4.90 Å². The van der Waals surface area contributed by atoms with Crippen LogP contribution in [0.3, 0.4) is 0 Å². The topological polar surface area (TPSA) is 47.5 Å². The van der Waals surface area contributed by atoms with Crippen LogP contribution in [0.1, 0.15) is 25.7 Å². The number of anilines is 1. The summed E-state index contributed by atoms with van der Waals surface area (Å²) in [6, 6.07) is 2.23. The van der Waals surface area contributed by atoms with E-state index in [-0.39, 0.29) is 12.2 Å². The zero-order valence-electron chi connectivity index (χ0n) is 11.6. The summed E-state index contributed by atoms with van der Waals surface area (Å²) in [6.07, 6.45) is 8.94. The van der Waals surface area contributed by atoms with E-state index in [1.165, 1.54) is 12.8 Å². The smallest absolute Gasteiger partial charge is 0.225 e. The number of hydrogen-bond donors (Lipinski definition) is 0. The fourth-order valence-electron chi connectivity index (χ4n) is 3.33. The minimum absolute atomic E-state index is 0.186. The van der Waals surface area contributed by atoms with E-state index < -0.39 is 0 Å². The van der Waals surface area contributed by atoms with Gasteiger partial charge in [0.15, 0.2) is 0 Å². The van der Waals surface area contributed by atoms with Crippen molar-refractivity contribution in [3.05, 3.63) is 18.5 Å². The second-order valence-electron chi connectivity index (χ2n) is 6.04. The Balaban J connectivity index is 1.45. The van der Waals surface area contributed by atoms with Gasteiger partial charge in [0.1, 0.15) is 6.10 Å². The lowest BCUT2D eigenvalue weighted by atomic mass is 10.1. The highest BCUT2D eigenvalue weighted by atomic mass is 16.5. The lowest BCUT2D eigenvalue weighted by Gasteiger charge is -2.39. The van der Waals surface area contributed by atoms with Crippen LogP contribution in [-0.4, -0.2) is 48.0 Å². The summed E-state index contributed by atoms with van der Waals surface area (Å²) in [5.74, 6) is 1.64. The van der Waals surface area contributed by atoms with E-state index >= 15 is 0 Å². The summed E-state index contributed by atoms with van der Waals surface area (Å²) in [4.78, 5) is 11.1. The fraction of sp³-hybridized carbons (Fsp3) is 0.733. The van der Waals surface area contributed by atoms with Gasteiger partial charge in [0, 0.05) is 25.5 Å². The number of rotatable bonds is 4. The molecule has 0 bridgehead atoms. The number of ether oxygens (including phenoxy) is 2. The third-order valence-corrected chi connectivity index (χ3v) is 4.59. The second kappa shape index (κ2) is 5.30. The van der Waals surface area contributed by atoms with E-state index in [1.54, 1.807) is 0 Å². The van der Waals surface area contributed by atoms with Crippen molar-refractivity contribution in [1.82, 2.24) is 9.97 Å². The summed E-state index contributed by atoms with van der Waals surface area (Å²) in [5.41, 5.74) is 0. The van der Waals surface area contributed by atoms with Gasteiger partial charge in [-0.05, 0) is 37.7 Å². The molecule has 1 aliphatic heterocycles. The van der Waals surface area contributed by atoms with E-state index in [1.807, 2.05) is 18.5 Å². The van der Waals surface area contributed by atoms with Gasteiger partial charge in [-0.1, -0.05) is 0 Å². The molecule has 5 heteroatoms. The molecule has 0 spiro atoms. The summed E-state index contributed by atoms with van der Waals surface area (Å²) in [7, 11) is 0. The molecule has 0 N–H and O–H groups in total. The molecule has 3 aliphatic rings. The molecule has 0 unspecified atom stereocenters. The number of hydrogen-bond acceptors (Lipinski definition) is 5. The zero-order valence-corrected chi connectivity index (χ0v) is 11.6. The van der Waals surface area contributed by atoms with E-state index in [0.29, 0.717) is 6.04 Å². The number of nitrogens with zero attached hydrogens (tertiary/aromatic N) is 3. The Morgan fingerprint density at radius 3 is 2.85 bits per heavy atom. The lowest BCUT2D eigenvalue weighted by molar-refractivity contribution is -0.0740. The van der Waals surface area contributed by atoms with Gasteiger partial charge in [-0.25, -0.2) is 9.97 Å². The van der Waals surface area contributed by atoms with Gasteiger partial charge in [-0.3, -0.25) is 0 Å². The molecule has 3 atom stereocenters. The first-order valence-corrected chi connectivity index (χ1v) is 7.68. The first-order valence-electron chi connectivity index (χ1n) is 7.68. The fourth-order valence-corrected chi connectivity index (χ4v) is 3.33. The normalized spacial score (nSPS) is 33.2. The number of aromatic nitrogens is 2. The average molecular weight is 275 g/mol. The Bertz CT molecular complexity index is 452. The molecule has 108 valence electrons. The van der Waals surface area contributed by atoms with Crippen LogP contribution in [0.15, 0.2) is 18.5 Å². The molecule has 4 rings (SSSR count). The standard InChI is InChI=1S/C15H21N3O2/c1-6-16-15(17-7-1)18-8-9-19-14-12(18)4-5-13(14)20-10-11-2-3-11/h1,6-7,11-14H,2-5,8-10H2/t12-,13+,14+/m0/s1. The third kappa shape index (κ3) is 2.40. The Morgan fingerprint density at radius 1 is 1.20 bits per heavy atom. The summed E-state index contributed by atoms with van der Waals surface area (Å²) >= 11 is 0. The van der Waals surface area contributed by atoms with E-state index in [2.05, 4.69) is 14.9 Å². The summed E-state index contributed by atoms with van der Waals surface area (Å²) in [5, 5.41) is 0. The maximum atomic E-state index is 6.09. The largest absolute Gasteiger partial charge is 0.375 e. The highest BCUT2D eigenvalue weighted by Gasteiger charge is 2.44. The van der Waals surface area contributed by atoms with Crippen molar-refractivity contribution in [3.63, 3.8) is 0 Å². The molecule has 2 heterocycles. The van der Waals surface area contributed by atoms with Crippen molar-refractivity contribution in [2.75, 3.05) is 24.7 Å². The van der Waals surface area contributed by atoms with Gasteiger partial charge < -0.3 is 14.4 Å². The minimum Gasteiger partial charge on any atom is -0.375 e. The van der Waals surface area contributed by atoms with Crippen molar-refractivity contribution in [2.24, 2.45) is 5.92 Å². The van der Waals surface area contributed by atoms with Gasteiger partial charge in [0.05, 0.1) is 18.8 Å². The molecular formula is C15H21N3O2. The molecule has 1 aromatic rings. The van der Waals surface area contributed by atoms with Crippen molar-refractivity contribution in [2.45, 2.75) is 43.9 Å². The first-order chi connectivity index (χ1) is 9.92. The molecule has 2 aliphatic carbocycles. The van der Waals surface area contributed by atoms with Gasteiger partial charge in [-0.15, -0.1) is 0 Å². The zero-order chi connectivity index (χ0) is 13.4. The van der Waals surface area contributed by atoms with Crippen LogP contribution in [0.5, 0.6) is 0 Å². The predicted octanol–water partition coefficient (Wildman–Crippen LogP) is 1.64. The third-order valence-electron chi connectivity index (χ3n) is 4.59. The molecule has 1 aromatic heterocycles. The molecule has 1 saturated heterocycles. The van der Waals surface area contributed by atoms with Gasteiger partial charge >= 0.3 is 0 Å². The average Bonchev–Trinajstić information content (AvgIpc) is 3.25.